The smallest absolute Gasteiger partial charge is 0.449 e. The molecule has 120 valence electrons. The fourth-order valence-electron chi connectivity index (χ4n) is 2.37. The fourth-order valence-corrected chi connectivity index (χ4v) is 2.37. The van der Waals surface area contributed by atoms with E-state index in [1.165, 1.54) is 16.7 Å². The molecule has 0 spiro atoms. The molecule has 0 saturated carbocycles. The van der Waals surface area contributed by atoms with Gasteiger partial charge in [-0.25, -0.2) is 4.98 Å². The molecule has 0 aliphatic carbocycles. The zero-order valence-corrected chi connectivity index (χ0v) is 12.4. The summed E-state index contributed by atoms with van der Waals surface area (Å²) in [6, 6.07) is 6.00. The van der Waals surface area contributed by atoms with Crippen molar-refractivity contribution in [3.05, 3.63) is 35.8 Å². The molecular weight excluding hydrogens is 295 g/mol. The Labute approximate surface area is 126 Å². The number of phenolic OH excluding ortho intramolecular Hbond substituents is 1. The van der Waals surface area contributed by atoms with E-state index < -0.39 is 12.0 Å². The van der Waals surface area contributed by atoms with E-state index in [-0.39, 0.29) is 12.3 Å². The van der Waals surface area contributed by atoms with Crippen LogP contribution >= 0.6 is 0 Å². The van der Waals surface area contributed by atoms with Gasteiger partial charge in [0.2, 0.25) is 5.82 Å². The van der Waals surface area contributed by atoms with Crippen molar-refractivity contribution in [2.75, 3.05) is 6.54 Å². The first-order valence-corrected chi connectivity index (χ1v) is 7.13. The number of rotatable bonds is 1. The van der Waals surface area contributed by atoms with Crippen LogP contribution in [0.1, 0.15) is 25.4 Å². The van der Waals surface area contributed by atoms with Gasteiger partial charge in [0.15, 0.2) is 0 Å². The minimum atomic E-state index is -4.47. The number of imidazole rings is 1. The number of aromatic nitrogens is 2. The van der Waals surface area contributed by atoms with E-state index in [2.05, 4.69) is 10.3 Å². The van der Waals surface area contributed by atoms with Gasteiger partial charge in [0.25, 0.3) is 0 Å². The Bertz CT molecular complexity index is 633. The average molecular weight is 313 g/mol. The predicted octanol–water partition coefficient (Wildman–Crippen LogP) is 3.40. The predicted molar refractivity (Wildman–Crippen MR) is 77.4 cm³/mol. The van der Waals surface area contributed by atoms with Crippen molar-refractivity contribution in [1.82, 2.24) is 14.9 Å². The lowest BCUT2D eigenvalue weighted by atomic mass is 10.1. The van der Waals surface area contributed by atoms with Gasteiger partial charge in [-0.2, -0.15) is 13.2 Å². The van der Waals surface area contributed by atoms with Crippen molar-refractivity contribution in [2.45, 2.75) is 33.1 Å². The molecule has 0 saturated heterocycles. The number of hydrogen-bond donors (Lipinski definition) is 2. The lowest BCUT2D eigenvalue weighted by Crippen LogP contribution is -2.30. The van der Waals surface area contributed by atoms with Gasteiger partial charge in [-0.1, -0.05) is 13.8 Å². The number of hydrogen-bond acceptors (Lipinski definition) is 3. The second-order valence-electron chi connectivity index (χ2n) is 4.60. The Morgan fingerprint density at radius 1 is 1.18 bits per heavy atom. The summed E-state index contributed by atoms with van der Waals surface area (Å²) in [7, 11) is 0. The van der Waals surface area contributed by atoms with E-state index in [0.29, 0.717) is 30.0 Å². The molecule has 1 aliphatic heterocycles. The van der Waals surface area contributed by atoms with Gasteiger partial charge >= 0.3 is 6.18 Å². The Morgan fingerprint density at radius 2 is 1.82 bits per heavy atom. The summed E-state index contributed by atoms with van der Waals surface area (Å²) < 4.78 is 40.3. The molecule has 0 bridgehead atoms. The second kappa shape index (κ2) is 6.39. The van der Waals surface area contributed by atoms with Crippen LogP contribution in [0.2, 0.25) is 0 Å². The summed E-state index contributed by atoms with van der Waals surface area (Å²) in [5.74, 6) is -0.798. The highest BCUT2D eigenvalue weighted by Crippen LogP contribution is 2.34. The van der Waals surface area contributed by atoms with E-state index >= 15 is 0 Å². The fraction of sp³-hybridized carbons (Fsp3) is 0.400. The van der Waals surface area contributed by atoms with Crippen LogP contribution in [-0.4, -0.2) is 21.2 Å². The third-order valence-corrected chi connectivity index (χ3v) is 3.27. The summed E-state index contributed by atoms with van der Waals surface area (Å²) in [4.78, 5) is 3.78. The van der Waals surface area contributed by atoms with E-state index in [9.17, 15) is 18.3 Å². The van der Waals surface area contributed by atoms with E-state index in [4.69, 9.17) is 0 Å². The van der Waals surface area contributed by atoms with Crippen LogP contribution in [0.15, 0.2) is 24.3 Å². The van der Waals surface area contributed by atoms with Crippen molar-refractivity contribution in [3.8, 4) is 17.0 Å². The molecule has 22 heavy (non-hydrogen) atoms. The van der Waals surface area contributed by atoms with Crippen molar-refractivity contribution < 1.29 is 18.3 Å². The van der Waals surface area contributed by atoms with E-state index in [0.717, 1.165) is 0 Å². The quantitative estimate of drug-likeness (QED) is 0.848. The number of aromatic hydroxyl groups is 1. The maximum atomic E-state index is 13.0. The molecular formula is C15H18F3N3O. The van der Waals surface area contributed by atoms with Crippen molar-refractivity contribution in [1.29, 1.82) is 0 Å². The molecule has 1 aliphatic rings. The van der Waals surface area contributed by atoms with Gasteiger partial charge < -0.3 is 15.0 Å². The monoisotopic (exact) mass is 313 g/mol. The molecule has 1 aromatic heterocycles. The standard InChI is InChI=1S/C13H12F3N3O.C2H6/c14-13(15,16)12-18-11(8-1-3-9(20)4-2-8)10-7-17-5-6-19(10)12;1-2/h1-4,17,20H,5-7H2;1-2H3. The Morgan fingerprint density at radius 3 is 2.41 bits per heavy atom. The first-order chi connectivity index (χ1) is 10.5. The summed E-state index contributed by atoms with van der Waals surface area (Å²) in [6.45, 7) is 5.08. The van der Waals surface area contributed by atoms with Crippen LogP contribution in [0.3, 0.4) is 0 Å². The number of alkyl halides is 3. The Kier molecular flexibility index (Phi) is 4.75. The van der Waals surface area contributed by atoms with Crippen LogP contribution in [0.5, 0.6) is 5.75 Å². The third kappa shape index (κ3) is 3.09. The maximum absolute atomic E-state index is 13.0. The number of fused-ring (bicyclic) bond motifs is 1. The topological polar surface area (TPSA) is 50.1 Å². The molecule has 0 fully saturated rings. The van der Waals surface area contributed by atoms with Crippen LogP contribution in [0.4, 0.5) is 13.2 Å². The number of halogens is 3. The van der Waals surface area contributed by atoms with Crippen molar-refractivity contribution in [2.24, 2.45) is 0 Å². The number of phenols is 1. The Balaban J connectivity index is 0.000000847. The summed E-state index contributed by atoms with van der Waals surface area (Å²) in [5, 5.41) is 12.3. The SMILES string of the molecule is CC.Oc1ccc(-c2nc(C(F)(F)F)n3c2CNCC3)cc1. The van der Waals surface area contributed by atoms with Crippen molar-refractivity contribution in [3.63, 3.8) is 0 Å². The molecule has 4 nitrogen and oxygen atoms in total. The van der Waals surface area contributed by atoms with Gasteiger partial charge in [-0.05, 0) is 24.3 Å². The second-order valence-corrected chi connectivity index (χ2v) is 4.60. The zero-order valence-electron chi connectivity index (χ0n) is 12.4. The summed E-state index contributed by atoms with van der Waals surface area (Å²) in [5.41, 5.74) is 1.39. The zero-order chi connectivity index (χ0) is 16.3. The molecule has 7 heteroatoms. The molecule has 0 amide bonds. The molecule has 0 unspecified atom stereocenters. The maximum Gasteiger partial charge on any atom is 0.449 e. The minimum Gasteiger partial charge on any atom is -0.508 e. The summed E-state index contributed by atoms with van der Waals surface area (Å²) >= 11 is 0. The van der Waals surface area contributed by atoms with Crippen LogP contribution in [-0.2, 0) is 19.3 Å². The molecule has 0 radical (unpaired) electrons. The molecule has 1 aromatic carbocycles. The highest BCUT2D eigenvalue weighted by molar-refractivity contribution is 5.63. The third-order valence-electron chi connectivity index (χ3n) is 3.27. The summed E-state index contributed by atoms with van der Waals surface area (Å²) in [6.07, 6.45) is -4.47. The van der Waals surface area contributed by atoms with Crippen molar-refractivity contribution >= 4 is 0 Å². The van der Waals surface area contributed by atoms with Gasteiger partial charge in [0.05, 0.1) is 11.4 Å². The minimum absolute atomic E-state index is 0.0657. The lowest BCUT2D eigenvalue weighted by Gasteiger charge is -2.19. The van der Waals surface area contributed by atoms with Gasteiger partial charge in [-0.15, -0.1) is 0 Å². The van der Waals surface area contributed by atoms with Gasteiger partial charge in [0.1, 0.15) is 5.75 Å². The molecule has 0 atom stereocenters. The molecule has 2 N–H and O–H groups in total. The normalized spacial score (nSPS) is 14.0. The molecule has 2 aromatic rings. The lowest BCUT2D eigenvalue weighted by molar-refractivity contribution is -0.147. The number of nitrogens with zero attached hydrogens (tertiary/aromatic N) is 2. The number of nitrogens with one attached hydrogen (secondary N) is 1. The highest BCUT2D eigenvalue weighted by Gasteiger charge is 2.39. The Hall–Kier alpha value is -2.02. The van der Waals surface area contributed by atoms with Crippen LogP contribution < -0.4 is 5.32 Å². The number of benzene rings is 1. The highest BCUT2D eigenvalue weighted by atomic mass is 19.4. The van der Waals surface area contributed by atoms with Gasteiger partial charge in [-0.3, -0.25) is 0 Å². The van der Waals surface area contributed by atoms with E-state index in [1.54, 1.807) is 12.1 Å². The first kappa shape index (κ1) is 16.4. The van der Waals surface area contributed by atoms with E-state index in [1.807, 2.05) is 13.8 Å². The first-order valence-electron chi connectivity index (χ1n) is 7.13. The average Bonchev–Trinajstić information content (AvgIpc) is 2.90. The van der Waals surface area contributed by atoms with Crippen LogP contribution in [0.25, 0.3) is 11.3 Å². The molecule has 3 rings (SSSR count). The largest absolute Gasteiger partial charge is 0.508 e. The molecule has 2 heterocycles. The van der Waals surface area contributed by atoms with Gasteiger partial charge in [0, 0.05) is 25.2 Å². The van der Waals surface area contributed by atoms with Crippen LogP contribution in [0, 0.1) is 0 Å².